The number of nitrogens with zero attached hydrogens (tertiary/aromatic N) is 1. The van der Waals surface area contributed by atoms with Crippen molar-refractivity contribution in [3.8, 4) is 17.2 Å². The van der Waals surface area contributed by atoms with Gasteiger partial charge in [0.1, 0.15) is 0 Å². The molecule has 0 fully saturated rings. The van der Waals surface area contributed by atoms with Crippen LogP contribution >= 0.6 is 0 Å². The van der Waals surface area contributed by atoms with E-state index in [1.54, 1.807) is 18.2 Å². The fourth-order valence-electron chi connectivity index (χ4n) is 2.03. The van der Waals surface area contributed by atoms with E-state index >= 15 is 0 Å². The molecule has 0 atom stereocenters. The number of ether oxygens (including phenoxy) is 3. The van der Waals surface area contributed by atoms with Gasteiger partial charge in [-0.3, -0.25) is 10.1 Å². The van der Waals surface area contributed by atoms with Gasteiger partial charge in [0.2, 0.25) is 18.2 Å². The molecule has 108 valence electrons. The van der Waals surface area contributed by atoms with E-state index in [2.05, 4.69) is 0 Å². The Labute approximate surface area is 117 Å². The zero-order valence-corrected chi connectivity index (χ0v) is 11.7. The lowest BCUT2D eigenvalue weighted by Gasteiger charge is -2.06. The normalized spacial score (nSPS) is 13.7. The van der Waals surface area contributed by atoms with Crippen molar-refractivity contribution in [3.05, 3.63) is 33.5 Å². The molecule has 0 bridgehead atoms. The second-order valence-corrected chi connectivity index (χ2v) is 4.95. The van der Waals surface area contributed by atoms with Gasteiger partial charge in [0.25, 0.3) is 0 Å². The fourth-order valence-corrected chi connectivity index (χ4v) is 2.03. The van der Waals surface area contributed by atoms with Gasteiger partial charge in [0.05, 0.1) is 12.0 Å². The van der Waals surface area contributed by atoms with Gasteiger partial charge in [-0.05, 0) is 23.6 Å². The van der Waals surface area contributed by atoms with Crippen molar-refractivity contribution >= 4 is 6.08 Å². The topological polar surface area (TPSA) is 70.8 Å². The molecule has 6 nitrogen and oxygen atoms in total. The lowest BCUT2D eigenvalue weighted by Crippen LogP contribution is -2.02. The Morgan fingerprint density at radius 2 is 2.25 bits per heavy atom. The van der Waals surface area contributed by atoms with Gasteiger partial charge in [-0.15, -0.1) is 0 Å². The fraction of sp³-hybridized carbons (Fsp3) is 0.429. The summed E-state index contributed by atoms with van der Waals surface area (Å²) in [5.41, 5.74) is 0.833. The van der Waals surface area contributed by atoms with E-state index in [-0.39, 0.29) is 23.3 Å². The third kappa shape index (κ3) is 3.01. The van der Waals surface area contributed by atoms with Crippen LogP contribution in [0.3, 0.4) is 0 Å². The summed E-state index contributed by atoms with van der Waals surface area (Å²) in [6.07, 6.45) is 1.95. The van der Waals surface area contributed by atoms with Crippen LogP contribution in [0.2, 0.25) is 0 Å². The maximum absolute atomic E-state index is 11.1. The summed E-state index contributed by atoms with van der Waals surface area (Å²) in [6.45, 7) is 4.02. The molecule has 1 aliphatic heterocycles. The van der Waals surface area contributed by atoms with E-state index in [4.69, 9.17) is 14.2 Å². The first-order valence-corrected chi connectivity index (χ1v) is 6.34. The second-order valence-electron chi connectivity index (χ2n) is 4.95. The predicted octanol–water partition coefficient (Wildman–Crippen LogP) is 3.09. The Morgan fingerprint density at radius 3 is 2.85 bits per heavy atom. The number of nitro groups is 1. The second kappa shape index (κ2) is 5.81. The molecule has 1 aliphatic rings. The number of hydrogen-bond donors (Lipinski definition) is 0. The van der Waals surface area contributed by atoms with E-state index < -0.39 is 0 Å². The van der Waals surface area contributed by atoms with Gasteiger partial charge in [0, 0.05) is 12.5 Å². The summed E-state index contributed by atoms with van der Waals surface area (Å²) in [5.74, 6) is 1.81. The van der Waals surface area contributed by atoms with E-state index in [0.29, 0.717) is 29.2 Å². The Hall–Kier alpha value is -2.24. The molecule has 2 rings (SSSR count). The summed E-state index contributed by atoms with van der Waals surface area (Å²) < 4.78 is 15.8. The largest absolute Gasteiger partial charge is 0.493 e. The molecular formula is C14H17NO5. The highest BCUT2D eigenvalue weighted by Crippen LogP contribution is 2.42. The monoisotopic (exact) mass is 279 g/mol. The van der Waals surface area contributed by atoms with Gasteiger partial charge in [-0.2, -0.15) is 0 Å². The predicted molar refractivity (Wildman–Crippen MR) is 73.5 cm³/mol. The lowest BCUT2D eigenvalue weighted by atomic mass is 10.1. The van der Waals surface area contributed by atoms with Crippen molar-refractivity contribution in [1.29, 1.82) is 0 Å². The van der Waals surface area contributed by atoms with Crippen molar-refractivity contribution in [2.24, 2.45) is 5.92 Å². The average Bonchev–Trinajstić information content (AvgIpc) is 2.84. The minimum absolute atomic E-state index is 0.132. The van der Waals surface area contributed by atoms with Crippen LogP contribution in [0.1, 0.15) is 25.8 Å². The number of methoxy groups -OCH3 is 1. The molecule has 1 aromatic rings. The molecule has 0 amide bonds. The summed E-state index contributed by atoms with van der Waals surface area (Å²) in [7, 11) is 1.52. The molecule has 0 N–H and O–H groups in total. The third-order valence-corrected chi connectivity index (χ3v) is 2.87. The van der Waals surface area contributed by atoms with E-state index in [1.165, 1.54) is 7.11 Å². The average molecular weight is 279 g/mol. The maximum Gasteiger partial charge on any atom is 0.247 e. The highest BCUT2D eigenvalue weighted by Gasteiger charge is 2.21. The van der Waals surface area contributed by atoms with Gasteiger partial charge in [-0.1, -0.05) is 13.8 Å². The number of hydrogen-bond acceptors (Lipinski definition) is 5. The number of fused-ring (bicyclic) bond motifs is 1. The summed E-state index contributed by atoms with van der Waals surface area (Å²) in [6, 6.07) is 3.42. The number of allylic oxidation sites excluding steroid dienone is 1. The molecule has 0 unspecified atom stereocenters. The highest BCUT2D eigenvalue weighted by molar-refractivity contribution is 5.63. The van der Waals surface area contributed by atoms with Gasteiger partial charge >= 0.3 is 0 Å². The highest BCUT2D eigenvalue weighted by atomic mass is 16.7. The van der Waals surface area contributed by atoms with Crippen molar-refractivity contribution in [1.82, 2.24) is 0 Å². The maximum atomic E-state index is 11.1. The molecule has 20 heavy (non-hydrogen) atoms. The van der Waals surface area contributed by atoms with Gasteiger partial charge < -0.3 is 14.2 Å². The Balaban J connectivity index is 2.39. The molecule has 0 aliphatic carbocycles. The SMILES string of the molecule is COc1cc(/C=C(/CC(C)C)[N+](=O)[O-])cc2c1OCO2. The van der Waals surface area contributed by atoms with Crippen molar-refractivity contribution in [2.45, 2.75) is 20.3 Å². The molecule has 0 spiro atoms. The van der Waals surface area contributed by atoms with Crippen LogP contribution in [0.25, 0.3) is 6.08 Å². The van der Waals surface area contributed by atoms with Crippen LogP contribution in [-0.4, -0.2) is 18.8 Å². The first kappa shape index (κ1) is 14.2. The quantitative estimate of drug-likeness (QED) is 0.612. The molecule has 6 heteroatoms. The number of benzene rings is 1. The van der Waals surface area contributed by atoms with Crippen LogP contribution in [-0.2, 0) is 0 Å². The molecule has 0 radical (unpaired) electrons. The summed E-state index contributed by atoms with van der Waals surface area (Å²) in [5, 5.41) is 11.1. The Bertz CT molecular complexity index is 551. The van der Waals surface area contributed by atoms with Gasteiger partial charge in [-0.25, -0.2) is 0 Å². The Kier molecular flexibility index (Phi) is 4.12. The zero-order chi connectivity index (χ0) is 14.7. The first-order chi connectivity index (χ1) is 9.51. The Morgan fingerprint density at radius 1 is 1.50 bits per heavy atom. The molecular weight excluding hydrogens is 262 g/mol. The smallest absolute Gasteiger partial charge is 0.247 e. The first-order valence-electron chi connectivity index (χ1n) is 6.34. The summed E-state index contributed by atoms with van der Waals surface area (Å²) >= 11 is 0. The minimum atomic E-state index is -0.350. The summed E-state index contributed by atoms with van der Waals surface area (Å²) in [4.78, 5) is 10.7. The lowest BCUT2D eigenvalue weighted by molar-refractivity contribution is -0.427. The third-order valence-electron chi connectivity index (χ3n) is 2.87. The minimum Gasteiger partial charge on any atom is -0.493 e. The van der Waals surface area contributed by atoms with Crippen LogP contribution in [0.4, 0.5) is 0 Å². The standard InChI is InChI=1S/C14H17NO5/c1-9(2)4-11(15(16)17)5-10-6-12(18-3)14-13(7-10)19-8-20-14/h5-7,9H,4,8H2,1-3H3/b11-5-. The van der Waals surface area contributed by atoms with E-state index in [9.17, 15) is 10.1 Å². The van der Waals surface area contributed by atoms with Crippen molar-refractivity contribution < 1.29 is 19.1 Å². The molecule has 0 saturated carbocycles. The molecule has 1 heterocycles. The molecule has 0 saturated heterocycles. The van der Waals surface area contributed by atoms with Crippen LogP contribution in [0.5, 0.6) is 17.2 Å². The van der Waals surface area contributed by atoms with Gasteiger partial charge in [0.15, 0.2) is 11.5 Å². The molecule has 0 aromatic heterocycles. The van der Waals surface area contributed by atoms with Crippen molar-refractivity contribution in [2.75, 3.05) is 13.9 Å². The molecule has 1 aromatic carbocycles. The van der Waals surface area contributed by atoms with Crippen LogP contribution < -0.4 is 14.2 Å². The van der Waals surface area contributed by atoms with E-state index in [1.807, 2.05) is 13.8 Å². The van der Waals surface area contributed by atoms with E-state index in [0.717, 1.165) is 0 Å². The van der Waals surface area contributed by atoms with Crippen molar-refractivity contribution in [3.63, 3.8) is 0 Å². The zero-order valence-electron chi connectivity index (χ0n) is 11.7. The number of rotatable bonds is 5. The van der Waals surface area contributed by atoms with Crippen LogP contribution in [0, 0.1) is 16.0 Å². The van der Waals surface area contributed by atoms with Crippen LogP contribution in [0.15, 0.2) is 17.8 Å².